The van der Waals surface area contributed by atoms with Crippen molar-refractivity contribution in [3.05, 3.63) is 0 Å². The first-order chi connectivity index (χ1) is 2.91. The second-order valence-corrected chi connectivity index (χ2v) is 1.02. The smallest absolute Gasteiger partial charge is 0.0701 e. The van der Waals surface area contributed by atoms with Crippen molar-refractivity contribution in [2.24, 2.45) is 5.73 Å². The summed E-state index contributed by atoms with van der Waals surface area (Å²) in [5, 5.41) is 0. The Morgan fingerprint density at radius 3 is 1.83 bits per heavy atom. The van der Waals surface area contributed by atoms with Gasteiger partial charge in [0.15, 0.2) is 0 Å². The molecule has 0 aromatic heterocycles. The van der Waals surface area contributed by atoms with Gasteiger partial charge in [-0.3, -0.25) is 0 Å². The van der Waals surface area contributed by atoms with Crippen LogP contribution >= 0.6 is 0 Å². The van der Waals surface area contributed by atoms with Gasteiger partial charge < -0.3 is 10.5 Å². The zero-order chi connectivity index (χ0) is 4.83. The second-order valence-electron chi connectivity index (χ2n) is 1.02. The molecule has 0 aromatic carbocycles. The van der Waals surface area contributed by atoms with Crippen molar-refractivity contribution < 1.29 is 4.74 Å². The van der Waals surface area contributed by atoms with Gasteiger partial charge in [-0.2, -0.15) is 0 Å². The van der Waals surface area contributed by atoms with Gasteiger partial charge in [0, 0.05) is 0 Å². The molecule has 0 amide bonds. The summed E-state index contributed by atoms with van der Waals surface area (Å²) in [7, 11) is 0. The maximum absolute atomic E-state index is 4.85. The van der Waals surface area contributed by atoms with Gasteiger partial charge >= 0.3 is 0 Å². The van der Waals surface area contributed by atoms with Crippen molar-refractivity contribution in [2.75, 3.05) is 19.8 Å². The minimum Gasteiger partial charge on any atom is -0.377 e. The lowest BCUT2D eigenvalue weighted by Crippen LogP contribution is -1.87. The van der Waals surface area contributed by atoms with E-state index in [2.05, 4.69) is 4.74 Å². The highest BCUT2D eigenvalue weighted by Gasteiger charge is 1.94. The van der Waals surface area contributed by atoms with E-state index < -0.39 is 0 Å². The lowest BCUT2D eigenvalue weighted by Gasteiger charge is -1.53. The molecule has 1 rings (SSSR count). The highest BCUT2D eigenvalue weighted by atomic mass is 16.6. The molecule has 0 bridgehead atoms. The topological polar surface area (TPSA) is 38.5 Å². The minimum atomic E-state index is 0.750. The summed E-state index contributed by atoms with van der Waals surface area (Å²) < 4.78 is 4.50. The highest BCUT2D eigenvalue weighted by Crippen LogP contribution is 1.84. The Hall–Kier alpha value is -0.0800. The molecule has 1 fully saturated rings. The average molecular weight is 89.1 g/mol. The Labute approximate surface area is 38.3 Å². The van der Waals surface area contributed by atoms with E-state index in [1.165, 1.54) is 0 Å². The molecule has 0 aromatic rings. The molecule has 2 nitrogen and oxygen atoms in total. The molecule has 6 heavy (non-hydrogen) atoms. The largest absolute Gasteiger partial charge is 0.377 e. The lowest BCUT2D eigenvalue weighted by atomic mass is 10.8. The summed E-state index contributed by atoms with van der Waals surface area (Å²) in [5.74, 6) is 0. The van der Waals surface area contributed by atoms with Crippen LogP contribution in [0, 0.1) is 0 Å². The third kappa shape index (κ3) is 39.5. The van der Waals surface area contributed by atoms with Crippen molar-refractivity contribution >= 4 is 0 Å². The first kappa shape index (κ1) is 5.92. The molecule has 1 saturated heterocycles. The van der Waals surface area contributed by atoms with Crippen LogP contribution in [0.1, 0.15) is 6.92 Å². The zero-order valence-electron chi connectivity index (χ0n) is 4.11. The molecule has 0 atom stereocenters. The van der Waals surface area contributed by atoms with Crippen LogP contribution in [0.5, 0.6) is 0 Å². The van der Waals surface area contributed by atoms with Crippen LogP contribution in [-0.2, 0) is 4.74 Å². The summed E-state index contributed by atoms with van der Waals surface area (Å²) in [6.07, 6.45) is 0. The van der Waals surface area contributed by atoms with E-state index in [0.29, 0.717) is 0 Å². The van der Waals surface area contributed by atoms with Crippen LogP contribution in [0.25, 0.3) is 0 Å². The van der Waals surface area contributed by atoms with Gasteiger partial charge in [0.25, 0.3) is 0 Å². The predicted octanol–water partition coefficient (Wildman–Crippen LogP) is -0.0184. The monoisotopic (exact) mass is 89.1 g/mol. The molecule has 0 saturated carbocycles. The van der Waals surface area contributed by atoms with E-state index in [4.69, 9.17) is 5.73 Å². The molecule has 2 heteroatoms. The quantitative estimate of drug-likeness (QED) is 0.424. The zero-order valence-corrected chi connectivity index (χ0v) is 4.11. The maximum Gasteiger partial charge on any atom is 0.0701 e. The Morgan fingerprint density at radius 1 is 1.67 bits per heavy atom. The normalized spacial score (nSPS) is 15.0. The molecule has 0 spiro atoms. The van der Waals surface area contributed by atoms with Gasteiger partial charge in [-0.05, 0) is 6.54 Å². The summed E-state index contributed by atoms with van der Waals surface area (Å²) in [4.78, 5) is 0. The van der Waals surface area contributed by atoms with Crippen LogP contribution in [0.3, 0.4) is 0 Å². The van der Waals surface area contributed by atoms with Gasteiger partial charge in [-0.25, -0.2) is 0 Å². The summed E-state index contributed by atoms with van der Waals surface area (Å²) in [5.41, 5.74) is 4.85. The minimum absolute atomic E-state index is 0.750. The van der Waals surface area contributed by atoms with Crippen LogP contribution in [0.4, 0.5) is 0 Å². The number of hydrogen-bond acceptors (Lipinski definition) is 2. The summed E-state index contributed by atoms with van der Waals surface area (Å²) in [6, 6.07) is 0. The Morgan fingerprint density at radius 2 is 1.83 bits per heavy atom. The van der Waals surface area contributed by atoms with Crippen LogP contribution in [-0.4, -0.2) is 19.8 Å². The van der Waals surface area contributed by atoms with E-state index in [-0.39, 0.29) is 0 Å². The van der Waals surface area contributed by atoms with Gasteiger partial charge in [0.05, 0.1) is 13.2 Å². The first-order valence-corrected chi connectivity index (χ1v) is 2.19. The molecule has 38 valence electrons. The first-order valence-electron chi connectivity index (χ1n) is 2.19. The number of rotatable bonds is 0. The molecule has 0 radical (unpaired) electrons. The maximum atomic E-state index is 4.85. The highest BCUT2D eigenvalue weighted by molar-refractivity contribution is 4.36. The fourth-order valence-corrected chi connectivity index (χ4v) is 0. The number of hydrogen-bond donors (Lipinski definition) is 1. The van der Waals surface area contributed by atoms with Crippen molar-refractivity contribution in [2.45, 2.75) is 6.92 Å². The van der Waals surface area contributed by atoms with Crippen molar-refractivity contribution in [3.8, 4) is 0 Å². The van der Waals surface area contributed by atoms with E-state index in [9.17, 15) is 0 Å². The van der Waals surface area contributed by atoms with E-state index in [0.717, 1.165) is 19.8 Å². The SMILES string of the molecule is C1CO1.CCN. The molecule has 1 aliphatic heterocycles. The molecule has 1 aliphatic rings. The van der Waals surface area contributed by atoms with Gasteiger partial charge in [-0.1, -0.05) is 6.92 Å². The van der Waals surface area contributed by atoms with E-state index >= 15 is 0 Å². The molecule has 2 N–H and O–H groups in total. The Balaban J connectivity index is 0.0000000833. The fraction of sp³-hybridized carbons (Fsp3) is 1.00. The van der Waals surface area contributed by atoms with Crippen molar-refractivity contribution in [3.63, 3.8) is 0 Å². The van der Waals surface area contributed by atoms with Gasteiger partial charge in [0.1, 0.15) is 0 Å². The third-order valence-electron chi connectivity index (χ3n) is 0.204. The molecular formula is C4H11NO. The third-order valence-corrected chi connectivity index (χ3v) is 0.204. The molecule has 0 unspecified atom stereocenters. The Bertz CT molecular complexity index is 18.8. The standard InChI is InChI=1S/C2H7N.C2H4O/c1-2-3;1-2-3-1/h2-3H2,1H3;1-2H2. The van der Waals surface area contributed by atoms with E-state index in [1.807, 2.05) is 6.92 Å². The number of epoxide rings is 1. The van der Waals surface area contributed by atoms with Crippen LogP contribution in [0.2, 0.25) is 0 Å². The lowest BCUT2D eigenvalue weighted by molar-refractivity contribution is 0.475. The molecule has 1 heterocycles. The van der Waals surface area contributed by atoms with E-state index in [1.54, 1.807) is 0 Å². The van der Waals surface area contributed by atoms with Crippen molar-refractivity contribution in [1.29, 1.82) is 0 Å². The predicted molar refractivity (Wildman–Crippen MR) is 25.5 cm³/mol. The van der Waals surface area contributed by atoms with Crippen LogP contribution < -0.4 is 5.73 Å². The summed E-state index contributed by atoms with van der Waals surface area (Å²) in [6.45, 7) is 4.65. The fourth-order valence-electron chi connectivity index (χ4n) is 0. The average Bonchev–Trinajstić information content (AvgIpc) is 2.11. The summed E-state index contributed by atoms with van der Waals surface area (Å²) >= 11 is 0. The number of ether oxygens (including phenoxy) is 1. The number of nitrogens with two attached hydrogens (primary N) is 1. The second kappa shape index (κ2) is 4.92. The van der Waals surface area contributed by atoms with Crippen LogP contribution in [0.15, 0.2) is 0 Å². The van der Waals surface area contributed by atoms with Gasteiger partial charge in [0.2, 0.25) is 0 Å². The Kier molecular flexibility index (Phi) is 4.85. The molecule has 0 aliphatic carbocycles. The van der Waals surface area contributed by atoms with Gasteiger partial charge in [-0.15, -0.1) is 0 Å². The molecular weight excluding hydrogens is 78.0 g/mol. The van der Waals surface area contributed by atoms with Crippen molar-refractivity contribution in [1.82, 2.24) is 0 Å².